The minimum Gasteiger partial charge on any atom is -0.375 e. The second kappa shape index (κ2) is 8.50. The van der Waals surface area contributed by atoms with Gasteiger partial charge in [0.15, 0.2) is 10.2 Å². The number of halogens is 1. The van der Waals surface area contributed by atoms with Gasteiger partial charge in [-0.25, -0.2) is 0 Å². The maximum absolute atomic E-state index is 5.88. The summed E-state index contributed by atoms with van der Waals surface area (Å²) in [5.74, 6) is 0. The maximum atomic E-state index is 5.88. The summed E-state index contributed by atoms with van der Waals surface area (Å²) in [7, 11) is 0. The Balaban J connectivity index is 2.95. The van der Waals surface area contributed by atoms with Crippen molar-refractivity contribution < 1.29 is 0 Å². The molecule has 0 aromatic heterocycles. The Morgan fingerprint density at radius 2 is 1.62 bits per heavy atom. The molecule has 0 aliphatic heterocycles. The zero-order chi connectivity index (χ0) is 15.8. The van der Waals surface area contributed by atoms with Crippen LogP contribution in [0.1, 0.15) is 18.9 Å². The Labute approximate surface area is 138 Å². The van der Waals surface area contributed by atoms with Crippen LogP contribution in [-0.4, -0.2) is 21.6 Å². The van der Waals surface area contributed by atoms with Crippen LogP contribution in [0.2, 0.25) is 5.02 Å². The molecule has 0 amide bonds. The standard InChI is InChI=1S/C12H15ClN6S2/c1-7(16-18-11(14)20)6-10(17-19-12(15)21)8-2-4-9(13)5-3-8/h2-5H,6H2,1H3,(H3,14,18,20)(H3,15,19,21). The van der Waals surface area contributed by atoms with Gasteiger partial charge in [-0.2, -0.15) is 10.2 Å². The molecule has 0 atom stereocenters. The topological polar surface area (TPSA) is 101 Å². The molecule has 0 spiro atoms. The second-order valence-electron chi connectivity index (χ2n) is 4.04. The van der Waals surface area contributed by atoms with Crippen molar-refractivity contribution in [3.8, 4) is 0 Å². The van der Waals surface area contributed by atoms with E-state index in [0.29, 0.717) is 17.2 Å². The van der Waals surface area contributed by atoms with E-state index in [-0.39, 0.29) is 10.2 Å². The van der Waals surface area contributed by atoms with Crippen LogP contribution in [0.5, 0.6) is 0 Å². The minimum atomic E-state index is 0.0808. The third-order valence-electron chi connectivity index (χ3n) is 2.26. The molecular weight excluding hydrogens is 328 g/mol. The van der Waals surface area contributed by atoms with Crippen LogP contribution in [0.15, 0.2) is 34.5 Å². The van der Waals surface area contributed by atoms with Gasteiger partial charge in [0.25, 0.3) is 0 Å². The average molecular weight is 343 g/mol. The van der Waals surface area contributed by atoms with Crippen LogP contribution >= 0.6 is 36.0 Å². The number of nitrogens with zero attached hydrogens (tertiary/aromatic N) is 2. The van der Waals surface area contributed by atoms with Gasteiger partial charge in [-0.1, -0.05) is 23.7 Å². The van der Waals surface area contributed by atoms with Crippen molar-refractivity contribution in [1.29, 1.82) is 0 Å². The van der Waals surface area contributed by atoms with Crippen LogP contribution in [-0.2, 0) is 0 Å². The lowest BCUT2D eigenvalue weighted by molar-refractivity contribution is 1.01. The molecule has 0 radical (unpaired) electrons. The first-order valence-corrected chi connectivity index (χ1v) is 7.04. The molecule has 0 fully saturated rings. The van der Waals surface area contributed by atoms with E-state index >= 15 is 0 Å². The summed E-state index contributed by atoms with van der Waals surface area (Å²) in [4.78, 5) is 0. The number of hydrogen-bond acceptors (Lipinski definition) is 4. The third kappa shape index (κ3) is 6.98. The molecule has 0 bridgehead atoms. The zero-order valence-electron chi connectivity index (χ0n) is 11.3. The number of nitrogens with one attached hydrogen (secondary N) is 2. The smallest absolute Gasteiger partial charge is 0.184 e. The lowest BCUT2D eigenvalue weighted by atomic mass is 10.1. The van der Waals surface area contributed by atoms with E-state index in [9.17, 15) is 0 Å². The summed E-state index contributed by atoms with van der Waals surface area (Å²) >= 11 is 15.3. The van der Waals surface area contributed by atoms with Crippen LogP contribution in [0, 0.1) is 0 Å². The van der Waals surface area contributed by atoms with E-state index in [2.05, 4.69) is 33.3 Å². The molecule has 0 saturated heterocycles. The van der Waals surface area contributed by atoms with Crippen molar-refractivity contribution in [3.05, 3.63) is 34.9 Å². The van der Waals surface area contributed by atoms with Gasteiger partial charge in [0, 0.05) is 17.2 Å². The number of hydrogen-bond donors (Lipinski definition) is 4. The highest BCUT2D eigenvalue weighted by molar-refractivity contribution is 7.80. The second-order valence-corrected chi connectivity index (χ2v) is 5.36. The van der Waals surface area contributed by atoms with E-state index in [4.69, 9.17) is 35.3 Å². The van der Waals surface area contributed by atoms with E-state index < -0.39 is 0 Å². The molecule has 0 unspecified atom stereocenters. The monoisotopic (exact) mass is 342 g/mol. The molecule has 6 nitrogen and oxygen atoms in total. The fourth-order valence-corrected chi connectivity index (χ4v) is 1.62. The predicted octanol–water partition coefficient (Wildman–Crippen LogP) is 1.48. The van der Waals surface area contributed by atoms with Gasteiger partial charge in [-0.15, -0.1) is 0 Å². The molecule has 0 saturated carbocycles. The summed E-state index contributed by atoms with van der Waals surface area (Å²) in [5, 5.41) is 9.03. The number of nitrogens with two attached hydrogens (primary N) is 2. The van der Waals surface area contributed by atoms with Gasteiger partial charge in [-0.05, 0) is 49.1 Å². The summed E-state index contributed by atoms with van der Waals surface area (Å²) in [6.07, 6.45) is 0.451. The number of benzene rings is 1. The van der Waals surface area contributed by atoms with Crippen molar-refractivity contribution in [2.45, 2.75) is 13.3 Å². The van der Waals surface area contributed by atoms with Crippen LogP contribution < -0.4 is 22.3 Å². The SMILES string of the molecule is CC(CC(=NNC(N)=S)c1ccc(Cl)cc1)=NNC(N)=S. The molecule has 9 heteroatoms. The molecule has 1 aromatic rings. The summed E-state index contributed by atoms with van der Waals surface area (Å²) in [5.41, 5.74) is 18.1. The van der Waals surface area contributed by atoms with Crippen LogP contribution in [0.3, 0.4) is 0 Å². The first-order chi connectivity index (χ1) is 9.88. The lowest BCUT2D eigenvalue weighted by Crippen LogP contribution is -2.27. The van der Waals surface area contributed by atoms with Crippen molar-refractivity contribution in [2.24, 2.45) is 21.7 Å². The molecular formula is C12H15ClN6S2. The Kier molecular flexibility index (Phi) is 7.00. The van der Waals surface area contributed by atoms with E-state index in [1.54, 1.807) is 12.1 Å². The fourth-order valence-electron chi connectivity index (χ4n) is 1.40. The van der Waals surface area contributed by atoms with Crippen LogP contribution in [0.4, 0.5) is 0 Å². The largest absolute Gasteiger partial charge is 0.375 e. The Morgan fingerprint density at radius 1 is 1.10 bits per heavy atom. The highest BCUT2D eigenvalue weighted by Crippen LogP contribution is 2.12. The van der Waals surface area contributed by atoms with Gasteiger partial charge < -0.3 is 11.5 Å². The Morgan fingerprint density at radius 3 is 2.14 bits per heavy atom. The van der Waals surface area contributed by atoms with Gasteiger partial charge in [0.05, 0.1) is 5.71 Å². The van der Waals surface area contributed by atoms with Crippen molar-refractivity contribution in [1.82, 2.24) is 10.9 Å². The van der Waals surface area contributed by atoms with Crippen molar-refractivity contribution in [3.63, 3.8) is 0 Å². The molecule has 0 aliphatic carbocycles. The molecule has 0 heterocycles. The third-order valence-corrected chi connectivity index (χ3v) is 2.69. The van der Waals surface area contributed by atoms with Crippen LogP contribution in [0.25, 0.3) is 0 Å². The van der Waals surface area contributed by atoms with Crippen molar-refractivity contribution >= 4 is 57.7 Å². The molecule has 21 heavy (non-hydrogen) atoms. The minimum absolute atomic E-state index is 0.0808. The normalized spacial score (nSPS) is 11.9. The Hall–Kier alpha value is -1.77. The van der Waals surface area contributed by atoms with Gasteiger partial charge in [-0.3, -0.25) is 10.9 Å². The summed E-state index contributed by atoms with van der Waals surface area (Å²) < 4.78 is 0. The van der Waals surface area contributed by atoms with E-state index in [1.165, 1.54) is 0 Å². The number of rotatable bonds is 5. The first-order valence-electron chi connectivity index (χ1n) is 5.85. The zero-order valence-corrected chi connectivity index (χ0v) is 13.6. The maximum Gasteiger partial charge on any atom is 0.184 e. The Bertz CT molecular complexity index is 582. The lowest BCUT2D eigenvalue weighted by Gasteiger charge is -2.08. The molecule has 112 valence electrons. The molecule has 1 aromatic carbocycles. The van der Waals surface area contributed by atoms with Gasteiger partial charge in [0.1, 0.15) is 0 Å². The van der Waals surface area contributed by atoms with E-state index in [1.807, 2.05) is 19.1 Å². The average Bonchev–Trinajstić information content (AvgIpc) is 2.42. The number of hydrazone groups is 2. The predicted molar refractivity (Wildman–Crippen MR) is 95.6 cm³/mol. The molecule has 1 rings (SSSR count). The van der Waals surface area contributed by atoms with Gasteiger partial charge >= 0.3 is 0 Å². The number of thiocarbonyl (C=S) groups is 2. The highest BCUT2D eigenvalue weighted by Gasteiger charge is 2.07. The van der Waals surface area contributed by atoms with Crippen molar-refractivity contribution in [2.75, 3.05) is 0 Å². The highest BCUT2D eigenvalue weighted by atomic mass is 35.5. The summed E-state index contributed by atoms with van der Waals surface area (Å²) in [6, 6.07) is 7.23. The quantitative estimate of drug-likeness (QED) is 0.367. The summed E-state index contributed by atoms with van der Waals surface area (Å²) in [6.45, 7) is 1.82. The first kappa shape index (κ1) is 17.3. The fraction of sp³-hybridized carbons (Fsp3) is 0.167. The van der Waals surface area contributed by atoms with E-state index in [0.717, 1.165) is 11.3 Å². The molecule has 0 aliphatic rings. The molecule has 6 N–H and O–H groups in total. The van der Waals surface area contributed by atoms with Gasteiger partial charge in [0.2, 0.25) is 0 Å².